The Balaban J connectivity index is 1.44. The number of aryl methyl sites for hydroxylation is 2. The third-order valence-corrected chi connectivity index (χ3v) is 3.93. The molecule has 3 heterocycles. The van der Waals surface area contributed by atoms with E-state index in [0.29, 0.717) is 6.54 Å². The van der Waals surface area contributed by atoms with E-state index in [1.165, 1.54) is 0 Å². The first-order chi connectivity index (χ1) is 10.7. The maximum atomic E-state index is 12.3. The number of hydrogen-bond donors (Lipinski definition) is 0. The molecule has 120 valence electrons. The van der Waals surface area contributed by atoms with Crippen molar-refractivity contribution >= 4 is 0 Å². The first-order valence-corrected chi connectivity index (χ1v) is 7.67. The summed E-state index contributed by atoms with van der Waals surface area (Å²) in [5, 5.41) is 8.21. The standard InChI is InChI=1S/C15H22FN5O/c1-13-8-15(18-22-13)12-20-6-4-19(5-7-20)10-14-9-17-21(11-14)3-2-16/h8-9,11H,2-7,10,12H2,1H3. The van der Waals surface area contributed by atoms with E-state index in [0.717, 1.165) is 56.3 Å². The van der Waals surface area contributed by atoms with Crippen molar-refractivity contribution in [2.75, 3.05) is 32.9 Å². The molecule has 2 aromatic heterocycles. The highest BCUT2D eigenvalue weighted by Gasteiger charge is 2.18. The zero-order valence-corrected chi connectivity index (χ0v) is 12.9. The largest absolute Gasteiger partial charge is 0.361 e. The van der Waals surface area contributed by atoms with Crippen LogP contribution in [0.2, 0.25) is 0 Å². The summed E-state index contributed by atoms with van der Waals surface area (Å²) < 4.78 is 19.1. The molecule has 0 aromatic carbocycles. The van der Waals surface area contributed by atoms with Crippen LogP contribution in [0.4, 0.5) is 4.39 Å². The second-order valence-electron chi connectivity index (χ2n) is 5.78. The van der Waals surface area contributed by atoms with Crippen LogP contribution in [0, 0.1) is 6.92 Å². The van der Waals surface area contributed by atoms with Gasteiger partial charge in [0, 0.05) is 57.1 Å². The van der Waals surface area contributed by atoms with Crippen molar-refractivity contribution in [1.29, 1.82) is 0 Å². The van der Waals surface area contributed by atoms with Gasteiger partial charge < -0.3 is 4.52 Å². The molecule has 0 saturated carbocycles. The van der Waals surface area contributed by atoms with Gasteiger partial charge in [-0.05, 0) is 6.92 Å². The normalized spacial score (nSPS) is 17.2. The molecule has 0 atom stereocenters. The summed E-state index contributed by atoms with van der Waals surface area (Å²) in [5.74, 6) is 0.860. The quantitative estimate of drug-likeness (QED) is 0.809. The first kappa shape index (κ1) is 15.2. The lowest BCUT2D eigenvalue weighted by Gasteiger charge is -2.33. The van der Waals surface area contributed by atoms with Crippen LogP contribution >= 0.6 is 0 Å². The van der Waals surface area contributed by atoms with E-state index in [2.05, 4.69) is 20.1 Å². The van der Waals surface area contributed by atoms with E-state index < -0.39 is 0 Å². The number of nitrogens with zero attached hydrogens (tertiary/aromatic N) is 5. The molecule has 0 N–H and O–H groups in total. The molecule has 1 aliphatic heterocycles. The lowest BCUT2D eigenvalue weighted by atomic mass is 10.2. The van der Waals surface area contributed by atoms with E-state index in [1.54, 1.807) is 4.68 Å². The number of piperazine rings is 1. The van der Waals surface area contributed by atoms with Gasteiger partial charge in [0.25, 0.3) is 0 Å². The minimum atomic E-state index is -0.374. The maximum Gasteiger partial charge on any atom is 0.133 e. The van der Waals surface area contributed by atoms with Crippen molar-refractivity contribution in [2.45, 2.75) is 26.6 Å². The van der Waals surface area contributed by atoms with Gasteiger partial charge in [-0.3, -0.25) is 14.5 Å². The van der Waals surface area contributed by atoms with E-state index in [4.69, 9.17) is 4.52 Å². The highest BCUT2D eigenvalue weighted by Crippen LogP contribution is 2.11. The molecule has 1 saturated heterocycles. The maximum absolute atomic E-state index is 12.3. The van der Waals surface area contributed by atoms with E-state index in [-0.39, 0.29) is 6.67 Å². The Labute approximate surface area is 129 Å². The third-order valence-electron chi connectivity index (χ3n) is 3.93. The summed E-state index contributed by atoms with van der Waals surface area (Å²) in [5.41, 5.74) is 2.15. The van der Waals surface area contributed by atoms with Crippen LogP contribution in [-0.2, 0) is 19.6 Å². The lowest BCUT2D eigenvalue weighted by Crippen LogP contribution is -2.45. The van der Waals surface area contributed by atoms with Crippen molar-refractivity contribution in [2.24, 2.45) is 0 Å². The SMILES string of the molecule is Cc1cc(CN2CCN(Cc3cnn(CCF)c3)CC2)no1. The van der Waals surface area contributed by atoms with Gasteiger partial charge in [0.1, 0.15) is 12.4 Å². The molecule has 22 heavy (non-hydrogen) atoms. The van der Waals surface area contributed by atoms with Gasteiger partial charge >= 0.3 is 0 Å². The Morgan fingerprint density at radius 3 is 2.55 bits per heavy atom. The fourth-order valence-electron chi connectivity index (χ4n) is 2.78. The average molecular weight is 307 g/mol. The van der Waals surface area contributed by atoms with Crippen LogP contribution in [0.1, 0.15) is 17.0 Å². The molecule has 0 unspecified atom stereocenters. The Hall–Kier alpha value is -1.73. The zero-order valence-electron chi connectivity index (χ0n) is 12.9. The van der Waals surface area contributed by atoms with Crippen molar-refractivity contribution in [3.63, 3.8) is 0 Å². The van der Waals surface area contributed by atoms with Gasteiger partial charge in [-0.15, -0.1) is 0 Å². The van der Waals surface area contributed by atoms with E-state index in [9.17, 15) is 4.39 Å². The second-order valence-corrected chi connectivity index (χ2v) is 5.78. The monoisotopic (exact) mass is 307 g/mol. The Morgan fingerprint density at radius 2 is 1.91 bits per heavy atom. The minimum Gasteiger partial charge on any atom is -0.361 e. The summed E-state index contributed by atoms with van der Waals surface area (Å²) in [6, 6.07) is 1.99. The predicted molar refractivity (Wildman–Crippen MR) is 80.0 cm³/mol. The molecule has 1 aliphatic rings. The summed E-state index contributed by atoms with van der Waals surface area (Å²) in [4.78, 5) is 4.79. The van der Waals surface area contributed by atoms with Crippen LogP contribution in [0.25, 0.3) is 0 Å². The van der Waals surface area contributed by atoms with Crippen molar-refractivity contribution in [1.82, 2.24) is 24.7 Å². The number of aromatic nitrogens is 3. The van der Waals surface area contributed by atoms with Gasteiger partial charge in [-0.1, -0.05) is 5.16 Å². The van der Waals surface area contributed by atoms with E-state index in [1.807, 2.05) is 25.4 Å². The summed E-state index contributed by atoms with van der Waals surface area (Å²) in [6.45, 7) is 7.68. The Kier molecular flexibility index (Phi) is 4.84. The Bertz CT molecular complexity index is 588. The topological polar surface area (TPSA) is 50.3 Å². The van der Waals surface area contributed by atoms with Crippen LogP contribution in [0.15, 0.2) is 23.0 Å². The highest BCUT2D eigenvalue weighted by molar-refractivity contribution is 5.05. The van der Waals surface area contributed by atoms with Crippen LogP contribution < -0.4 is 0 Å². The number of halogens is 1. The minimum absolute atomic E-state index is 0.338. The average Bonchev–Trinajstić information content (AvgIpc) is 3.11. The molecule has 1 fully saturated rings. The molecule has 0 radical (unpaired) electrons. The summed E-state index contributed by atoms with van der Waals surface area (Å²) >= 11 is 0. The zero-order chi connectivity index (χ0) is 15.4. The molecule has 3 rings (SSSR count). The summed E-state index contributed by atoms with van der Waals surface area (Å²) in [7, 11) is 0. The van der Waals surface area contributed by atoms with E-state index >= 15 is 0 Å². The van der Waals surface area contributed by atoms with Crippen LogP contribution in [0.3, 0.4) is 0 Å². The molecule has 2 aromatic rings. The van der Waals surface area contributed by atoms with Gasteiger partial charge in [-0.25, -0.2) is 4.39 Å². The van der Waals surface area contributed by atoms with Crippen LogP contribution in [0.5, 0.6) is 0 Å². The van der Waals surface area contributed by atoms with Gasteiger partial charge in [0.05, 0.1) is 18.4 Å². The van der Waals surface area contributed by atoms with Gasteiger partial charge in [-0.2, -0.15) is 5.10 Å². The van der Waals surface area contributed by atoms with Crippen molar-refractivity contribution in [3.05, 3.63) is 35.5 Å². The van der Waals surface area contributed by atoms with Gasteiger partial charge in [0.15, 0.2) is 0 Å². The molecule has 0 aliphatic carbocycles. The molecule has 0 spiro atoms. The second kappa shape index (κ2) is 7.02. The van der Waals surface area contributed by atoms with Crippen LogP contribution in [-0.4, -0.2) is 57.6 Å². The third kappa shape index (κ3) is 3.92. The fraction of sp³-hybridized carbons (Fsp3) is 0.600. The predicted octanol–water partition coefficient (Wildman–Crippen LogP) is 1.47. The smallest absolute Gasteiger partial charge is 0.133 e. The highest BCUT2D eigenvalue weighted by atomic mass is 19.1. The molecule has 0 bridgehead atoms. The first-order valence-electron chi connectivity index (χ1n) is 7.67. The fourth-order valence-corrected chi connectivity index (χ4v) is 2.78. The molecular weight excluding hydrogens is 285 g/mol. The molecular formula is C15H22FN5O. The number of hydrogen-bond acceptors (Lipinski definition) is 5. The van der Waals surface area contributed by atoms with Gasteiger partial charge in [0.2, 0.25) is 0 Å². The van der Waals surface area contributed by atoms with Crippen molar-refractivity contribution < 1.29 is 8.91 Å². The number of alkyl halides is 1. The molecule has 6 nitrogen and oxygen atoms in total. The summed E-state index contributed by atoms with van der Waals surface area (Å²) in [6.07, 6.45) is 3.77. The lowest BCUT2D eigenvalue weighted by molar-refractivity contribution is 0.120. The molecule has 0 amide bonds. The number of rotatable bonds is 6. The van der Waals surface area contributed by atoms with Crippen molar-refractivity contribution in [3.8, 4) is 0 Å². The molecule has 7 heteroatoms. The Morgan fingerprint density at radius 1 is 1.18 bits per heavy atom.